The van der Waals surface area contributed by atoms with Crippen molar-refractivity contribution in [3.05, 3.63) is 64.8 Å². The van der Waals surface area contributed by atoms with Gasteiger partial charge in [-0.2, -0.15) is 0 Å². The lowest BCUT2D eigenvalue weighted by Crippen LogP contribution is -2.70. The number of nitrogens with one attached hydrogen (secondary N) is 1. The number of ether oxygens (including phenoxy) is 1. The third-order valence-corrected chi connectivity index (χ3v) is 6.06. The van der Waals surface area contributed by atoms with Gasteiger partial charge in [-0.1, -0.05) is 18.2 Å². The molecular formula is C25H32N4OS. The van der Waals surface area contributed by atoms with Gasteiger partial charge in [0.1, 0.15) is 5.75 Å². The van der Waals surface area contributed by atoms with Crippen molar-refractivity contribution in [2.75, 3.05) is 24.7 Å². The Bertz CT molecular complexity index is 1060. The summed E-state index contributed by atoms with van der Waals surface area (Å²) in [5.41, 5.74) is 3.23. The van der Waals surface area contributed by atoms with Gasteiger partial charge in [-0.15, -0.1) is 11.3 Å². The summed E-state index contributed by atoms with van der Waals surface area (Å²) in [6, 6.07) is 18.5. The van der Waals surface area contributed by atoms with Crippen molar-refractivity contribution in [1.82, 2.24) is 9.99 Å². The second kappa shape index (κ2) is 8.52. The van der Waals surface area contributed by atoms with E-state index in [4.69, 9.17) is 9.73 Å². The molecule has 1 fully saturated rings. The fraction of sp³-hybridized carbons (Fsp3) is 0.400. The molecule has 0 radical (unpaired) electrons. The van der Waals surface area contributed by atoms with Gasteiger partial charge in [0.2, 0.25) is 4.80 Å². The molecule has 1 aromatic heterocycles. The molecule has 0 spiro atoms. The standard InChI is InChI=1S/C25H32N4OS/c1-6-30-21-14-12-19(13-15-21)22-16-31-23(26-20-10-8-7-9-11-20)29(22)28-17-24(2,3)27-25(4,5)18-28/h7-16,27H,6,17-18H2,1-5H3. The molecule has 2 heterocycles. The van der Waals surface area contributed by atoms with E-state index in [1.807, 2.05) is 49.4 Å². The van der Waals surface area contributed by atoms with Gasteiger partial charge in [-0.3, -0.25) is 0 Å². The quantitative estimate of drug-likeness (QED) is 0.616. The molecule has 0 atom stereocenters. The minimum absolute atomic E-state index is 0.0171. The predicted octanol–water partition coefficient (Wildman–Crippen LogP) is 4.95. The first-order valence-corrected chi connectivity index (χ1v) is 11.7. The van der Waals surface area contributed by atoms with Crippen LogP contribution in [0.4, 0.5) is 5.69 Å². The molecular weight excluding hydrogens is 404 g/mol. The summed E-state index contributed by atoms with van der Waals surface area (Å²) >= 11 is 1.68. The lowest BCUT2D eigenvalue weighted by atomic mass is 9.92. The second-order valence-corrected chi connectivity index (χ2v) is 10.2. The van der Waals surface area contributed by atoms with Gasteiger partial charge >= 0.3 is 0 Å². The van der Waals surface area contributed by atoms with Crippen LogP contribution in [-0.4, -0.2) is 35.5 Å². The second-order valence-electron chi connectivity index (χ2n) is 9.34. The zero-order valence-corrected chi connectivity index (χ0v) is 19.9. The minimum Gasteiger partial charge on any atom is -0.494 e. The van der Waals surface area contributed by atoms with E-state index < -0.39 is 0 Å². The fourth-order valence-corrected chi connectivity index (χ4v) is 5.38. The van der Waals surface area contributed by atoms with Crippen LogP contribution in [0.5, 0.6) is 5.75 Å². The minimum atomic E-state index is -0.0171. The van der Waals surface area contributed by atoms with Gasteiger partial charge in [0, 0.05) is 22.0 Å². The van der Waals surface area contributed by atoms with Gasteiger partial charge in [-0.05, 0) is 71.0 Å². The maximum atomic E-state index is 5.64. The molecule has 31 heavy (non-hydrogen) atoms. The maximum Gasteiger partial charge on any atom is 0.209 e. The van der Waals surface area contributed by atoms with E-state index in [9.17, 15) is 0 Å². The van der Waals surface area contributed by atoms with Crippen LogP contribution in [-0.2, 0) is 0 Å². The number of piperazine rings is 1. The SMILES string of the molecule is CCOc1ccc(-c2csc(=Nc3ccccc3)n2N2CC(C)(C)NC(C)(C)C2)cc1. The highest BCUT2D eigenvalue weighted by Crippen LogP contribution is 2.27. The molecule has 4 rings (SSSR count). The Balaban J connectivity index is 1.84. The molecule has 0 aliphatic carbocycles. The van der Waals surface area contributed by atoms with Crippen LogP contribution in [0, 0.1) is 0 Å². The molecule has 0 bridgehead atoms. The van der Waals surface area contributed by atoms with E-state index in [2.05, 4.69) is 60.2 Å². The topological polar surface area (TPSA) is 41.8 Å². The van der Waals surface area contributed by atoms with Gasteiger partial charge in [0.25, 0.3) is 0 Å². The van der Waals surface area contributed by atoms with E-state index in [1.165, 1.54) is 0 Å². The van der Waals surface area contributed by atoms with Crippen LogP contribution in [0.1, 0.15) is 34.6 Å². The van der Waals surface area contributed by atoms with Crippen LogP contribution < -0.4 is 19.9 Å². The molecule has 6 heteroatoms. The summed E-state index contributed by atoms with van der Waals surface area (Å²) in [6.07, 6.45) is 0. The van der Waals surface area contributed by atoms with E-state index in [1.54, 1.807) is 11.3 Å². The highest BCUT2D eigenvalue weighted by molar-refractivity contribution is 7.07. The van der Waals surface area contributed by atoms with Crippen LogP contribution in [0.2, 0.25) is 0 Å². The van der Waals surface area contributed by atoms with Crippen molar-refractivity contribution in [3.8, 4) is 17.0 Å². The fourth-order valence-electron chi connectivity index (χ4n) is 4.46. The summed E-state index contributed by atoms with van der Waals surface area (Å²) in [5, 5.41) is 8.41. The molecule has 0 amide bonds. The first kappa shape index (κ1) is 21.7. The first-order chi connectivity index (χ1) is 14.8. The highest BCUT2D eigenvalue weighted by Gasteiger charge is 2.37. The zero-order chi connectivity index (χ0) is 22.1. The number of hydrogen-bond donors (Lipinski definition) is 1. The largest absolute Gasteiger partial charge is 0.494 e. The number of para-hydroxylation sites is 1. The third-order valence-electron chi connectivity index (χ3n) is 5.24. The van der Waals surface area contributed by atoms with E-state index in [-0.39, 0.29) is 11.1 Å². The Morgan fingerprint density at radius 1 is 0.968 bits per heavy atom. The summed E-state index contributed by atoms with van der Waals surface area (Å²) in [4.78, 5) is 5.98. The maximum absolute atomic E-state index is 5.64. The Labute approximate surface area is 189 Å². The summed E-state index contributed by atoms with van der Waals surface area (Å²) in [5.74, 6) is 0.895. The Morgan fingerprint density at radius 3 is 2.23 bits per heavy atom. The van der Waals surface area contributed by atoms with Gasteiger partial charge < -0.3 is 15.1 Å². The van der Waals surface area contributed by atoms with E-state index in [0.29, 0.717) is 6.61 Å². The summed E-state index contributed by atoms with van der Waals surface area (Å²) in [6.45, 7) is 13.5. The van der Waals surface area contributed by atoms with E-state index >= 15 is 0 Å². The van der Waals surface area contributed by atoms with Gasteiger partial charge in [0.05, 0.1) is 31.1 Å². The monoisotopic (exact) mass is 436 g/mol. The molecule has 3 aromatic rings. The predicted molar refractivity (Wildman–Crippen MR) is 130 cm³/mol. The van der Waals surface area contributed by atoms with Crippen molar-refractivity contribution in [2.45, 2.75) is 45.7 Å². The average molecular weight is 437 g/mol. The zero-order valence-electron chi connectivity index (χ0n) is 19.1. The van der Waals surface area contributed by atoms with Crippen molar-refractivity contribution in [3.63, 3.8) is 0 Å². The lowest BCUT2D eigenvalue weighted by molar-refractivity contribution is 0.201. The lowest BCUT2D eigenvalue weighted by Gasteiger charge is -2.49. The molecule has 2 aromatic carbocycles. The van der Waals surface area contributed by atoms with Crippen LogP contribution in [0.25, 0.3) is 11.3 Å². The van der Waals surface area contributed by atoms with Crippen LogP contribution in [0.15, 0.2) is 65.0 Å². The molecule has 1 N–H and O–H groups in total. The smallest absolute Gasteiger partial charge is 0.209 e. The van der Waals surface area contributed by atoms with Gasteiger partial charge in [-0.25, -0.2) is 9.67 Å². The Hall–Kier alpha value is -2.57. The molecule has 1 aliphatic rings. The highest BCUT2D eigenvalue weighted by atomic mass is 32.1. The summed E-state index contributed by atoms with van der Waals surface area (Å²) < 4.78 is 7.94. The third kappa shape index (κ3) is 5.02. The molecule has 5 nitrogen and oxygen atoms in total. The Morgan fingerprint density at radius 2 is 1.61 bits per heavy atom. The molecule has 0 unspecified atom stereocenters. The number of benzene rings is 2. The molecule has 0 saturated carbocycles. The molecule has 1 aliphatic heterocycles. The van der Waals surface area contributed by atoms with Crippen LogP contribution >= 0.6 is 11.3 Å². The van der Waals surface area contributed by atoms with Crippen LogP contribution in [0.3, 0.4) is 0 Å². The number of hydrogen-bond acceptors (Lipinski definition) is 5. The van der Waals surface area contributed by atoms with Crippen molar-refractivity contribution >= 4 is 17.0 Å². The number of thiazole rings is 1. The van der Waals surface area contributed by atoms with E-state index in [0.717, 1.165) is 40.6 Å². The molecule has 164 valence electrons. The van der Waals surface area contributed by atoms with Crippen molar-refractivity contribution in [2.24, 2.45) is 4.99 Å². The number of rotatable bonds is 5. The van der Waals surface area contributed by atoms with Gasteiger partial charge in [0.15, 0.2) is 0 Å². The van der Waals surface area contributed by atoms with Crippen molar-refractivity contribution in [1.29, 1.82) is 0 Å². The average Bonchev–Trinajstić information content (AvgIpc) is 3.11. The molecule has 1 saturated heterocycles. The number of nitrogens with zero attached hydrogens (tertiary/aromatic N) is 3. The summed E-state index contributed by atoms with van der Waals surface area (Å²) in [7, 11) is 0. The normalized spacial score (nSPS) is 18.2. The van der Waals surface area contributed by atoms with Crippen molar-refractivity contribution < 1.29 is 4.74 Å². The Kier molecular flexibility index (Phi) is 5.95. The first-order valence-electron chi connectivity index (χ1n) is 10.8. The number of aromatic nitrogens is 1.